The number of carbonyl (C=O) groups excluding carboxylic acids is 1. The monoisotopic (exact) mass is 301 g/mol. The van der Waals surface area contributed by atoms with Gasteiger partial charge in [0.05, 0.1) is 12.0 Å². The molecule has 6 heteroatoms. The van der Waals surface area contributed by atoms with Gasteiger partial charge in [0, 0.05) is 18.7 Å². The van der Waals surface area contributed by atoms with Gasteiger partial charge in [-0.05, 0) is 28.8 Å². The predicted octanol–water partition coefficient (Wildman–Crippen LogP) is 2.12. The zero-order valence-corrected chi connectivity index (χ0v) is 10.6. The number of halogens is 1. The Balaban J connectivity index is 2.10. The molecule has 0 spiro atoms. The zero-order valence-electron chi connectivity index (χ0n) is 9.06. The van der Waals surface area contributed by atoms with Crippen molar-refractivity contribution in [3.05, 3.63) is 22.6 Å². The van der Waals surface area contributed by atoms with E-state index in [9.17, 15) is 9.59 Å². The Kier molecular flexibility index (Phi) is 3.51. The van der Waals surface area contributed by atoms with Gasteiger partial charge >= 0.3 is 5.97 Å². The number of carbonyl (C=O) groups is 2. The van der Waals surface area contributed by atoms with Crippen LogP contribution in [0.15, 0.2) is 21.4 Å². The van der Waals surface area contributed by atoms with Crippen LogP contribution in [0.1, 0.15) is 29.6 Å². The Bertz CT molecular complexity index is 442. The van der Waals surface area contributed by atoms with E-state index >= 15 is 0 Å². The standard InChI is InChI=1S/C11H12BrNO4/c12-9-4-7(6-17-9)11(16)13-3-1-2-8(13)5-10(14)15/h4,6,8H,1-3,5H2,(H,14,15). The van der Waals surface area contributed by atoms with Crippen molar-refractivity contribution in [3.63, 3.8) is 0 Å². The average Bonchev–Trinajstić information content (AvgIpc) is 2.85. The molecule has 1 unspecified atom stereocenters. The maximum Gasteiger partial charge on any atom is 0.305 e. The lowest BCUT2D eigenvalue weighted by Crippen LogP contribution is -2.36. The van der Waals surface area contributed by atoms with Gasteiger partial charge in [-0.1, -0.05) is 0 Å². The van der Waals surface area contributed by atoms with E-state index < -0.39 is 5.97 Å². The van der Waals surface area contributed by atoms with E-state index in [2.05, 4.69) is 15.9 Å². The molecule has 1 atom stereocenters. The van der Waals surface area contributed by atoms with Crippen LogP contribution in [0.4, 0.5) is 0 Å². The van der Waals surface area contributed by atoms with E-state index in [4.69, 9.17) is 9.52 Å². The SMILES string of the molecule is O=C(O)CC1CCCN1C(=O)c1coc(Br)c1. The summed E-state index contributed by atoms with van der Waals surface area (Å²) in [4.78, 5) is 24.4. The molecule has 92 valence electrons. The molecule has 1 fully saturated rings. The van der Waals surface area contributed by atoms with Gasteiger partial charge in [-0.25, -0.2) is 0 Å². The second-order valence-corrected chi connectivity index (χ2v) is 4.81. The van der Waals surface area contributed by atoms with Gasteiger partial charge in [0.15, 0.2) is 4.67 Å². The first-order chi connectivity index (χ1) is 8.08. The maximum absolute atomic E-state index is 12.1. The normalized spacial score (nSPS) is 19.6. The quantitative estimate of drug-likeness (QED) is 0.928. The van der Waals surface area contributed by atoms with E-state index in [-0.39, 0.29) is 18.4 Å². The van der Waals surface area contributed by atoms with Gasteiger partial charge in [-0.3, -0.25) is 9.59 Å². The van der Waals surface area contributed by atoms with E-state index in [1.165, 1.54) is 6.26 Å². The third kappa shape index (κ3) is 2.69. The van der Waals surface area contributed by atoms with Crippen LogP contribution in [-0.4, -0.2) is 34.5 Å². The Morgan fingerprint density at radius 3 is 2.94 bits per heavy atom. The number of furan rings is 1. The Hall–Kier alpha value is -1.30. The fourth-order valence-electron chi connectivity index (χ4n) is 2.10. The van der Waals surface area contributed by atoms with Crippen molar-refractivity contribution in [2.75, 3.05) is 6.54 Å². The lowest BCUT2D eigenvalue weighted by atomic mass is 10.1. The summed E-state index contributed by atoms with van der Waals surface area (Å²) < 4.78 is 5.51. The summed E-state index contributed by atoms with van der Waals surface area (Å²) in [6.07, 6.45) is 2.98. The van der Waals surface area contributed by atoms with Gasteiger partial charge in [0.1, 0.15) is 6.26 Å². The molecule has 0 aromatic carbocycles. The minimum atomic E-state index is -0.872. The highest BCUT2D eigenvalue weighted by Crippen LogP contribution is 2.24. The molecule has 1 saturated heterocycles. The van der Waals surface area contributed by atoms with Gasteiger partial charge in [0.25, 0.3) is 5.91 Å². The molecule has 1 aromatic heterocycles. The van der Waals surface area contributed by atoms with Gasteiger partial charge in [-0.2, -0.15) is 0 Å². The fraction of sp³-hybridized carbons (Fsp3) is 0.455. The highest BCUT2D eigenvalue weighted by Gasteiger charge is 2.31. The number of amides is 1. The third-order valence-electron chi connectivity index (χ3n) is 2.86. The molecule has 0 bridgehead atoms. The first-order valence-corrected chi connectivity index (χ1v) is 6.14. The molecule has 1 amide bonds. The van der Waals surface area contributed by atoms with Crippen molar-refractivity contribution in [3.8, 4) is 0 Å². The van der Waals surface area contributed by atoms with Crippen molar-refractivity contribution < 1.29 is 19.1 Å². The first-order valence-electron chi connectivity index (χ1n) is 5.34. The number of carboxylic acids is 1. The number of rotatable bonds is 3. The number of likely N-dealkylation sites (tertiary alicyclic amines) is 1. The van der Waals surface area contributed by atoms with Crippen molar-refractivity contribution in [1.29, 1.82) is 0 Å². The topological polar surface area (TPSA) is 70.8 Å². The minimum absolute atomic E-state index is 0.00472. The summed E-state index contributed by atoms with van der Waals surface area (Å²) >= 11 is 3.13. The van der Waals surface area contributed by atoms with Crippen LogP contribution in [0.5, 0.6) is 0 Å². The summed E-state index contributed by atoms with van der Waals surface area (Å²) in [6, 6.07) is 1.40. The van der Waals surface area contributed by atoms with Crippen LogP contribution in [-0.2, 0) is 4.79 Å². The molecule has 2 rings (SSSR count). The molecular weight excluding hydrogens is 290 g/mol. The molecule has 1 aromatic rings. The average molecular weight is 302 g/mol. The smallest absolute Gasteiger partial charge is 0.305 e. The molecule has 0 saturated carbocycles. The molecule has 2 heterocycles. The van der Waals surface area contributed by atoms with Crippen molar-refractivity contribution in [1.82, 2.24) is 4.90 Å². The summed E-state index contributed by atoms with van der Waals surface area (Å²) in [6.45, 7) is 0.611. The summed E-state index contributed by atoms with van der Waals surface area (Å²) in [5.41, 5.74) is 0.453. The molecular formula is C11H12BrNO4. The maximum atomic E-state index is 12.1. The highest BCUT2D eigenvalue weighted by molar-refractivity contribution is 9.10. The van der Waals surface area contributed by atoms with Crippen LogP contribution >= 0.6 is 15.9 Å². The molecule has 1 aliphatic rings. The van der Waals surface area contributed by atoms with Crippen molar-refractivity contribution in [2.45, 2.75) is 25.3 Å². The van der Waals surface area contributed by atoms with E-state index in [1.54, 1.807) is 11.0 Å². The fourth-order valence-corrected chi connectivity index (χ4v) is 2.44. The van der Waals surface area contributed by atoms with E-state index in [0.717, 1.165) is 12.8 Å². The molecule has 1 N–H and O–H groups in total. The van der Waals surface area contributed by atoms with Crippen LogP contribution in [0.2, 0.25) is 0 Å². The predicted molar refractivity (Wildman–Crippen MR) is 62.7 cm³/mol. The van der Waals surface area contributed by atoms with Crippen LogP contribution in [0.3, 0.4) is 0 Å². The Morgan fingerprint density at radius 2 is 2.35 bits per heavy atom. The second-order valence-electron chi connectivity index (χ2n) is 4.03. The summed E-state index contributed by atoms with van der Waals surface area (Å²) in [7, 11) is 0. The van der Waals surface area contributed by atoms with Gasteiger partial charge in [-0.15, -0.1) is 0 Å². The molecule has 17 heavy (non-hydrogen) atoms. The van der Waals surface area contributed by atoms with E-state index in [1.807, 2.05) is 0 Å². The third-order valence-corrected chi connectivity index (χ3v) is 3.28. The number of hydrogen-bond acceptors (Lipinski definition) is 3. The largest absolute Gasteiger partial charge is 0.481 e. The molecule has 5 nitrogen and oxygen atoms in total. The van der Waals surface area contributed by atoms with Crippen molar-refractivity contribution in [2.24, 2.45) is 0 Å². The zero-order chi connectivity index (χ0) is 12.4. The lowest BCUT2D eigenvalue weighted by molar-refractivity contribution is -0.137. The number of carboxylic acid groups (broad SMARTS) is 1. The number of nitrogens with zero attached hydrogens (tertiary/aromatic N) is 1. The molecule has 1 aliphatic heterocycles. The summed E-state index contributed by atoms with van der Waals surface area (Å²) in [5, 5.41) is 8.78. The molecule has 0 radical (unpaired) electrons. The Morgan fingerprint density at radius 1 is 1.59 bits per heavy atom. The number of hydrogen-bond donors (Lipinski definition) is 1. The van der Waals surface area contributed by atoms with Gasteiger partial charge < -0.3 is 14.4 Å². The Labute approximate surface area is 107 Å². The van der Waals surface area contributed by atoms with Crippen LogP contribution in [0, 0.1) is 0 Å². The second kappa shape index (κ2) is 4.91. The molecule has 0 aliphatic carbocycles. The summed E-state index contributed by atoms with van der Waals surface area (Å²) in [5.74, 6) is -1.04. The van der Waals surface area contributed by atoms with Gasteiger partial charge in [0.2, 0.25) is 0 Å². The van der Waals surface area contributed by atoms with Crippen molar-refractivity contribution >= 4 is 27.8 Å². The minimum Gasteiger partial charge on any atom is -0.481 e. The van der Waals surface area contributed by atoms with Crippen LogP contribution in [0.25, 0.3) is 0 Å². The number of aliphatic carboxylic acids is 1. The van der Waals surface area contributed by atoms with Crippen LogP contribution < -0.4 is 0 Å². The lowest BCUT2D eigenvalue weighted by Gasteiger charge is -2.22. The van der Waals surface area contributed by atoms with E-state index in [0.29, 0.717) is 16.8 Å². The first kappa shape index (κ1) is 12.2. The highest BCUT2D eigenvalue weighted by atomic mass is 79.9.